The molecule has 0 radical (unpaired) electrons. The van der Waals surface area contributed by atoms with Gasteiger partial charge in [0.1, 0.15) is 6.04 Å². The van der Waals surface area contributed by atoms with E-state index < -0.39 is 0 Å². The quantitative estimate of drug-likeness (QED) is 0.818. The molecule has 2 fully saturated rings. The van der Waals surface area contributed by atoms with Crippen molar-refractivity contribution >= 4 is 23.2 Å². The summed E-state index contributed by atoms with van der Waals surface area (Å²) in [4.78, 5) is 17.9. The summed E-state index contributed by atoms with van der Waals surface area (Å²) in [6.07, 6.45) is 4.63. The van der Waals surface area contributed by atoms with Gasteiger partial charge in [0.25, 0.3) is 0 Å². The Morgan fingerprint density at radius 1 is 0.929 bits per heavy atom. The van der Waals surface area contributed by atoms with E-state index in [2.05, 4.69) is 39.4 Å². The fourth-order valence-corrected chi connectivity index (χ4v) is 4.53. The zero-order valence-corrected chi connectivity index (χ0v) is 16.9. The fourth-order valence-electron chi connectivity index (χ4n) is 4.40. The van der Waals surface area contributed by atoms with E-state index in [1.165, 1.54) is 18.5 Å². The van der Waals surface area contributed by atoms with Crippen molar-refractivity contribution in [3.05, 3.63) is 65.2 Å². The average molecular weight is 398 g/mol. The third-order valence-corrected chi connectivity index (χ3v) is 6.19. The molecule has 1 aliphatic carbocycles. The maximum atomic E-state index is 13.2. The first-order valence-electron chi connectivity index (χ1n) is 10.3. The predicted octanol–water partition coefficient (Wildman–Crippen LogP) is 4.26. The molecule has 1 amide bonds. The molecule has 1 aliphatic heterocycles. The topological polar surface area (TPSA) is 35.6 Å². The average Bonchev–Trinajstić information content (AvgIpc) is 3.24. The number of amides is 1. The van der Waals surface area contributed by atoms with Gasteiger partial charge in [0, 0.05) is 42.9 Å². The highest BCUT2D eigenvalue weighted by atomic mass is 35.5. The number of hydrogen-bond donors (Lipinski definition) is 1. The highest BCUT2D eigenvalue weighted by Gasteiger charge is 2.32. The second-order valence-corrected chi connectivity index (χ2v) is 8.24. The van der Waals surface area contributed by atoms with Gasteiger partial charge in [0.15, 0.2) is 0 Å². The lowest BCUT2D eigenvalue weighted by Gasteiger charge is -2.40. The lowest BCUT2D eigenvalue weighted by molar-refractivity contribution is -0.127. The lowest BCUT2D eigenvalue weighted by atomic mass is 10.0. The van der Waals surface area contributed by atoms with E-state index in [1.807, 2.05) is 30.3 Å². The number of carbonyl (C=O) groups excluding carboxylic acids is 1. The number of halogens is 1. The molecule has 1 N–H and O–H groups in total. The minimum atomic E-state index is -0.254. The normalized spacial score (nSPS) is 19.5. The fraction of sp³-hybridized carbons (Fsp3) is 0.435. The van der Waals surface area contributed by atoms with E-state index in [0.29, 0.717) is 11.1 Å². The SMILES string of the molecule is O=C(NC1CCCC1)[C@H](c1ccc(Cl)cc1)N1CCN(c2ccccc2)CC1. The molecule has 1 saturated heterocycles. The molecular weight excluding hydrogens is 370 g/mol. The molecule has 0 spiro atoms. The summed E-state index contributed by atoms with van der Waals surface area (Å²) >= 11 is 6.09. The lowest BCUT2D eigenvalue weighted by Crippen LogP contribution is -2.52. The van der Waals surface area contributed by atoms with Crippen molar-refractivity contribution < 1.29 is 4.79 Å². The van der Waals surface area contributed by atoms with Crippen molar-refractivity contribution in [2.24, 2.45) is 0 Å². The largest absolute Gasteiger partial charge is 0.369 e. The van der Waals surface area contributed by atoms with Crippen LogP contribution in [0.5, 0.6) is 0 Å². The molecule has 1 atom stereocenters. The number of nitrogens with one attached hydrogen (secondary N) is 1. The van der Waals surface area contributed by atoms with Crippen LogP contribution in [-0.4, -0.2) is 43.0 Å². The number of piperazine rings is 1. The van der Waals surface area contributed by atoms with Crippen LogP contribution in [0.15, 0.2) is 54.6 Å². The molecule has 1 saturated carbocycles. The van der Waals surface area contributed by atoms with Crippen LogP contribution in [0.3, 0.4) is 0 Å². The second kappa shape index (κ2) is 8.97. The minimum Gasteiger partial charge on any atom is -0.369 e. The molecule has 2 aromatic carbocycles. The molecule has 148 valence electrons. The summed E-state index contributed by atoms with van der Waals surface area (Å²) in [6.45, 7) is 3.57. The van der Waals surface area contributed by atoms with Crippen molar-refractivity contribution in [3.63, 3.8) is 0 Å². The van der Waals surface area contributed by atoms with Gasteiger partial charge in [-0.1, -0.05) is 54.8 Å². The van der Waals surface area contributed by atoms with Crippen LogP contribution in [-0.2, 0) is 4.79 Å². The molecule has 2 aromatic rings. The van der Waals surface area contributed by atoms with Crippen molar-refractivity contribution in [3.8, 4) is 0 Å². The van der Waals surface area contributed by atoms with E-state index in [0.717, 1.165) is 44.6 Å². The van der Waals surface area contributed by atoms with Crippen molar-refractivity contribution in [1.29, 1.82) is 0 Å². The van der Waals surface area contributed by atoms with Gasteiger partial charge in [-0.15, -0.1) is 0 Å². The highest BCUT2D eigenvalue weighted by Crippen LogP contribution is 2.27. The minimum absolute atomic E-state index is 0.127. The second-order valence-electron chi connectivity index (χ2n) is 7.80. The number of hydrogen-bond acceptors (Lipinski definition) is 3. The van der Waals surface area contributed by atoms with Crippen LogP contribution in [0.1, 0.15) is 37.3 Å². The van der Waals surface area contributed by atoms with Gasteiger partial charge in [-0.05, 0) is 42.7 Å². The summed E-state index contributed by atoms with van der Waals surface area (Å²) in [7, 11) is 0. The summed E-state index contributed by atoms with van der Waals surface area (Å²) in [5.74, 6) is 0.127. The Hall–Kier alpha value is -2.04. The van der Waals surface area contributed by atoms with E-state index in [4.69, 9.17) is 11.6 Å². The van der Waals surface area contributed by atoms with Crippen LogP contribution in [0, 0.1) is 0 Å². The summed E-state index contributed by atoms with van der Waals surface area (Å²) in [5.41, 5.74) is 2.27. The van der Waals surface area contributed by atoms with Crippen LogP contribution in [0.25, 0.3) is 0 Å². The summed E-state index contributed by atoms with van der Waals surface area (Å²) in [5, 5.41) is 4.01. The number of anilines is 1. The van der Waals surface area contributed by atoms with E-state index >= 15 is 0 Å². The van der Waals surface area contributed by atoms with Gasteiger partial charge in [0.2, 0.25) is 5.91 Å². The Bertz CT molecular complexity index is 766. The van der Waals surface area contributed by atoms with Crippen LogP contribution >= 0.6 is 11.6 Å². The predicted molar refractivity (Wildman–Crippen MR) is 115 cm³/mol. The molecule has 0 unspecified atom stereocenters. The Balaban J connectivity index is 1.48. The smallest absolute Gasteiger partial charge is 0.242 e. The van der Waals surface area contributed by atoms with Crippen LogP contribution < -0.4 is 10.2 Å². The van der Waals surface area contributed by atoms with Gasteiger partial charge in [-0.3, -0.25) is 9.69 Å². The van der Waals surface area contributed by atoms with Crippen molar-refractivity contribution in [2.75, 3.05) is 31.1 Å². The molecule has 0 aromatic heterocycles. The van der Waals surface area contributed by atoms with Crippen LogP contribution in [0.2, 0.25) is 5.02 Å². The molecule has 28 heavy (non-hydrogen) atoms. The van der Waals surface area contributed by atoms with Crippen molar-refractivity contribution in [2.45, 2.75) is 37.8 Å². The number of nitrogens with zero attached hydrogens (tertiary/aromatic N) is 2. The van der Waals surface area contributed by atoms with Gasteiger partial charge >= 0.3 is 0 Å². The number of carbonyl (C=O) groups is 1. The highest BCUT2D eigenvalue weighted by molar-refractivity contribution is 6.30. The molecule has 2 aliphatic rings. The Morgan fingerprint density at radius 2 is 1.57 bits per heavy atom. The first kappa shape index (κ1) is 19.3. The monoisotopic (exact) mass is 397 g/mol. The van der Waals surface area contributed by atoms with Crippen molar-refractivity contribution in [1.82, 2.24) is 10.2 Å². The summed E-state index contributed by atoms with van der Waals surface area (Å²) in [6, 6.07) is 18.3. The summed E-state index contributed by atoms with van der Waals surface area (Å²) < 4.78 is 0. The zero-order valence-electron chi connectivity index (χ0n) is 16.2. The number of benzene rings is 2. The molecule has 4 nitrogen and oxygen atoms in total. The van der Waals surface area contributed by atoms with Gasteiger partial charge in [-0.25, -0.2) is 0 Å². The Morgan fingerprint density at radius 3 is 2.21 bits per heavy atom. The third kappa shape index (κ3) is 4.50. The third-order valence-electron chi connectivity index (χ3n) is 5.94. The molecule has 1 heterocycles. The molecule has 0 bridgehead atoms. The van der Waals surface area contributed by atoms with Crippen LogP contribution in [0.4, 0.5) is 5.69 Å². The zero-order chi connectivity index (χ0) is 19.3. The molecule has 5 heteroatoms. The van der Waals surface area contributed by atoms with Gasteiger partial charge in [-0.2, -0.15) is 0 Å². The molecule has 4 rings (SSSR count). The van der Waals surface area contributed by atoms with Gasteiger partial charge < -0.3 is 10.2 Å². The Labute approximate surface area is 172 Å². The molecular formula is C23H28ClN3O. The van der Waals surface area contributed by atoms with E-state index in [9.17, 15) is 4.79 Å². The first-order chi connectivity index (χ1) is 13.7. The maximum Gasteiger partial charge on any atom is 0.242 e. The maximum absolute atomic E-state index is 13.2. The standard InChI is InChI=1S/C23H28ClN3O/c24-19-12-10-18(11-13-19)22(23(28)25-20-6-4-5-7-20)27-16-14-26(15-17-27)21-8-2-1-3-9-21/h1-3,8-13,20,22H,4-7,14-17H2,(H,25,28)/t22-/m0/s1. The Kier molecular flexibility index (Phi) is 6.18. The van der Waals surface area contributed by atoms with Gasteiger partial charge in [0.05, 0.1) is 0 Å². The number of rotatable bonds is 5. The van der Waals surface area contributed by atoms with E-state index in [1.54, 1.807) is 0 Å². The van der Waals surface area contributed by atoms with E-state index in [-0.39, 0.29) is 11.9 Å². The first-order valence-corrected chi connectivity index (χ1v) is 10.7. The number of para-hydroxylation sites is 1.